The number of rotatable bonds is 6. The van der Waals surface area contributed by atoms with E-state index in [0.29, 0.717) is 28.7 Å². The third-order valence-corrected chi connectivity index (χ3v) is 4.41. The molecule has 6 nitrogen and oxygen atoms in total. The van der Waals surface area contributed by atoms with Crippen LogP contribution in [0.25, 0.3) is 0 Å². The van der Waals surface area contributed by atoms with Crippen molar-refractivity contribution >= 4 is 17.5 Å². The number of methoxy groups -OCH3 is 1. The highest BCUT2D eigenvalue weighted by Crippen LogP contribution is 2.36. The largest absolute Gasteiger partial charge is 0.493 e. The molecule has 2 rings (SSSR count). The van der Waals surface area contributed by atoms with E-state index in [9.17, 15) is 4.79 Å². The summed E-state index contributed by atoms with van der Waals surface area (Å²) in [6, 6.07) is 3.03. The van der Waals surface area contributed by atoms with Crippen LogP contribution in [0.4, 0.5) is 0 Å². The van der Waals surface area contributed by atoms with Crippen LogP contribution >= 0.6 is 11.6 Å². The molecule has 1 N–H and O–H groups in total. The summed E-state index contributed by atoms with van der Waals surface area (Å²) in [6.07, 6.45) is 0. The SMILES string of the molecule is CCOc1c(Cl)cc(C(=O)NC(C)c2c(C)nn(C)c2C)cc1OC. The number of ether oxygens (including phenoxy) is 2. The minimum absolute atomic E-state index is 0.183. The van der Waals surface area contributed by atoms with E-state index < -0.39 is 0 Å². The second-order valence-electron chi connectivity index (χ2n) is 5.83. The lowest BCUT2D eigenvalue weighted by molar-refractivity contribution is 0.0939. The molecule has 136 valence electrons. The van der Waals surface area contributed by atoms with Gasteiger partial charge in [0.25, 0.3) is 5.91 Å². The van der Waals surface area contributed by atoms with Crippen LogP contribution in [0.5, 0.6) is 11.5 Å². The lowest BCUT2D eigenvalue weighted by Gasteiger charge is -2.17. The van der Waals surface area contributed by atoms with Crippen molar-refractivity contribution < 1.29 is 14.3 Å². The van der Waals surface area contributed by atoms with Crippen LogP contribution in [0.1, 0.15) is 47.2 Å². The highest BCUT2D eigenvalue weighted by atomic mass is 35.5. The fraction of sp³-hybridized carbons (Fsp3) is 0.444. The monoisotopic (exact) mass is 365 g/mol. The molecule has 0 saturated heterocycles. The second kappa shape index (κ2) is 7.78. The van der Waals surface area contributed by atoms with Gasteiger partial charge in [0.2, 0.25) is 0 Å². The molecule has 0 aliphatic carbocycles. The molecule has 1 unspecified atom stereocenters. The van der Waals surface area contributed by atoms with Crippen LogP contribution in [0, 0.1) is 13.8 Å². The van der Waals surface area contributed by atoms with Gasteiger partial charge in [0.15, 0.2) is 11.5 Å². The minimum atomic E-state index is -0.238. The summed E-state index contributed by atoms with van der Waals surface area (Å²) in [7, 11) is 3.40. The van der Waals surface area contributed by atoms with Gasteiger partial charge in [-0.1, -0.05) is 11.6 Å². The molecule has 0 aliphatic rings. The molecular formula is C18H24ClN3O3. The maximum Gasteiger partial charge on any atom is 0.251 e. The van der Waals surface area contributed by atoms with Gasteiger partial charge in [0, 0.05) is 23.9 Å². The molecule has 1 atom stereocenters. The first-order valence-corrected chi connectivity index (χ1v) is 8.49. The molecule has 7 heteroatoms. The molecule has 1 aromatic heterocycles. The Hall–Kier alpha value is -2.21. The number of hydrogen-bond acceptors (Lipinski definition) is 4. The molecule has 2 aromatic rings. The topological polar surface area (TPSA) is 65.4 Å². The van der Waals surface area contributed by atoms with Crippen molar-refractivity contribution in [3.63, 3.8) is 0 Å². The summed E-state index contributed by atoms with van der Waals surface area (Å²) >= 11 is 6.25. The quantitative estimate of drug-likeness (QED) is 0.849. The van der Waals surface area contributed by atoms with Gasteiger partial charge in [-0.05, 0) is 39.8 Å². The third-order valence-electron chi connectivity index (χ3n) is 4.13. The van der Waals surface area contributed by atoms with Crippen molar-refractivity contribution in [3.05, 3.63) is 39.7 Å². The van der Waals surface area contributed by atoms with Crippen molar-refractivity contribution in [1.82, 2.24) is 15.1 Å². The van der Waals surface area contributed by atoms with Crippen LogP contribution in [-0.2, 0) is 7.05 Å². The van der Waals surface area contributed by atoms with Crippen LogP contribution in [0.15, 0.2) is 12.1 Å². The van der Waals surface area contributed by atoms with Gasteiger partial charge in [0.1, 0.15) is 0 Å². The van der Waals surface area contributed by atoms with Gasteiger partial charge >= 0.3 is 0 Å². The van der Waals surface area contributed by atoms with Gasteiger partial charge in [0.05, 0.1) is 30.5 Å². The predicted molar refractivity (Wildman–Crippen MR) is 97.7 cm³/mol. The average molecular weight is 366 g/mol. The molecular weight excluding hydrogens is 342 g/mol. The fourth-order valence-electron chi connectivity index (χ4n) is 2.90. The van der Waals surface area contributed by atoms with E-state index in [2.05, 4.69) is 10.4 Å². The zero-order valence-corrected chi connectivity index (χ0v) is 16.2. The first-order chi connectivity index (χ1) is 11.8. The van der Waals surface area contributed by atoms with Crippen LogP contribution < -0.4 is 14.8 Å². The summed E-state index contributed by atoms with van der Waals surface area (Å²) in [5, 5.41) is 7.72. The minimum Gasteiger partial charge on any atom is -0.493 e. The Morgan fingerprint density at radius 1 is 1.40 bits per heavy atom. The molecule has 0 saturated carbocycles. The van der Waals surface area contributed by atoms with Crippen LogP contribution in [-0.4, -0.2) is 29.4 Å². The predicted octanol–water partition coefficient (Wildman–Crippen LogP) is 3.59. The van der Waals surface area contributed by atoms with E-state index in [1.54, 1.807) is 12.1 Å². The van der Waals surface area contributed by atoms with E-state index in [0.717, 1.165) is 17.0 Å². The Bertz CT molecular complexity index is 786. The normalized spacial score (nSPS) is 12.0. The first-order valence-electron chi connectivity index (χ1n) is 8.11. The Morgan fingerprint density at radius 2 is 2.08 bits per heavy atom. The van der Waals surface area contributed by atoms with Gasteiger partial charge in [-0.3, -0.25) is 9.48 Å². The number of benzene rings is 1. The number of carbonyl (C=O) groups excluding carboxylic acids is 1. The molecule has 0 fully saturated rings. The maximum atomic E-state index is 12.7. The third kappa shape index (κ3) is 3.90. The summed E-state index contributed by atoms with van der Waals surface area (Å²) < 4.78 is 12.6. The molecule has 1 aromatic carbocycles. The number of halogens is 1. The lowest BCUT2D eigenvalue weighted by atomic mass is 10.1. The highest BCUT2D eigenvalue weighted by molar-refractivity contribution is 6.32. The van der Waals surface area contributed by atoms with Crippen molar-refractivity contribution in [2.24, 2.45) is 7.05 Å². The summed E-state index contributed by atoms with van der Waals surface area (Å²) in [5.41, 5.74) is 3.35. The van der Waals surface area contributed by atoms with Gasteiger partial charge in [-0.2, -0.15) is 5.10 Å². The number of amides is 1. The smallest absolute Gasteiger partial charge is 0.251 e. The maximum absolute atomic E-state index is 12.7. The number of nitrogens with one attached hydrogen (secondary N) is 1. The molecule has 1 heterocycles. The lowest BCUT2D eigenvalue weighted by Crippen LogP contribution is -2.27. The van der Waals surface area contributed by atoms with Gasteiger partial charge in [-0.15, -0.1) is 0 Å². The fourth-order valence-corrected chi connectivity index (χ4v) is 3.17. The number of aromatic nitrogens is 2. The molecule has 0 radical (unpaired) electrons. The highest BCUT2D eigenvalue weighted by Gasteiger charge is 2.21. The average Bonchev–Trinajstić information content (AvgIpc) is 2.81. The number of aryl methyl sites for hydroxylation is 2. The van der Waals surface area contributed by atoms with Crippen molar-refractivity contribution in [1.29, 1.82) is 0 Å². The number of nitrogens with zero attached hydrogens (tertiary/aromatic N) is 2. The molecule has 1 amide bonds. The summed E-state index contributed by atoms with van der Waals surface area (Å²) in [5.74, 6) is 0.634. The zero-order valence-electron chi connectivity index (χ0n) is 15.4. The van der Waals surface area contributed by atoms with Crippen molar-refractivity contribution in [3.8, 4) is 11.5 Å². The van der Waals surface area contributed by atoms with Crippen LogP contribution in [0.3, 0.4) is 0 Å². The van der Waals surface area contributed by atoms with E-state index >= 15 is 0 Å². The Morgan fingerprint density at radius 3 is 2.60 bits per heavy atom. The van der Waals surface area contributed by atoms with Crippen molar-refractivity contribution in [2.45, 2.75) is 33.7 Å². The number of carbonyl (C=O) groups is 1. The Labute approximate surface area is 153 Å². The Kier molecular flexibility index (Phi) is 5.95. The molecule has 0 spiro atoms. The molecule has 0 aliphatic heterocycles. The van der Waals surface area contributed by atoms with E-state index in [1.807, 2.05) is 39.4 Å². The zero-order chi connectivity index (χ0) is 18.7. The number of hydrogen-bond donors (Lipinski definition) is 1. The van der Waals surface area contributed by atoms with Gasteiger partial charge in [-0.25, -0.2) is 0 Å². The first kappa shape index (κ1) is 19.1. The van der Waals surface area contributed by atoms with Crippen LogP contribution in [0.2, 0.25) is 5.02 Å². The van der Waals surface area contributed by atoms with Crippen molar-refractivity contribution in [2.75, 3.05) is 13.7 Å². The standard InChI is InChI=1S/C18H24ClN3O3/c1-7-25-17-14(19)8-13(9-15(17)24-6)18(23)20-10(2)16-11(3)21-22(5)12(16)4/h8-10H,7H2,1-6H3,(H,20,23). The summed E-state index contributed by atoms with van der Waals surface area (Å²) in [4.78, 5) is 12.7. The molecule has 25 heavy (non-hydrogen) atoms. The Balaban J connectivity index is 2.27. The second-order valence-corrected chi connectivity index (χ2v) is 6.23. The summed E-state index contributed by atoms with van der Waals surface area (Å²) in [6.45, 7) is 8.16. The van der Waals surface area contributed by atoms with E-state index in [4.69, 9.17) is 21.1 Å². The van der Waals surface area contributed by atoms with Gasteiger partial charge < -0.3 is 14.8 Å². The van der Waals surface area contributed by atoms with E-state index in [-0.39, 0.29) is 11.9 Å². The molecule has 0 bridgehead atoms. The van der Waals surface area contributed by atoms with E-state index in [1.165, 1.54) is 7.11 Å².